The number of likely N-dealkylation sites (N-methyl/N-ethyl adjacent to an activating group) is 1. The number of nitrogens with zero attached hydrogens (tertiary/aromatic N) is 2. The summed E-state index contributed by atoms with van der Waals surface area (Å²) in [5.74, 6) is -1.94. The molecule has 192 valence electrons. The number of aliphatic carboxylic acids is 1. The fraction of sp³-hybridized carbons (Fsp3) is 0.167. The van der Waals surface area contributed by atoms with E-state index in [1.165, 1.54) is 6.08 Å². The lowest BCUT2D eigenvalue weighted by molar-refractivity contribution is -0.131. The number of amides is 2. The number of rotatable bonds is 6. The number of benzene rings is 3. The van der Waals surface area contributed by atoms with Crippen molar-refractivity contribution in [2.24, 2.45) is 0 Å². The maximum absolute atomic E-state index is 12.8. The third-order valence-electron chi connectivity index (χ3n) is 6.78. The first-order chi connectivity index (χ1) is 18.4. The molecule has 0 aromatic heterocycles. The van der Waals surface area contributed by atoms with Crippen LogP contribution >= 0.6 is 0 Å². The molecule has 3 aromatic rings. The van der Waals surface area contributed by atoms with Gasteiger partial charge in [0.25, 0.3) is 11.8 Å². The van der Waals surface area contributed by atoms with Gasteiger partial charge in [-0.15, -0.1) is 0 Å². The number of hydrogen-bond acceptors (Lipinski definition) is 6. The number of nitrogens with one attached hydrogen (secondary N) is 2. The summed E-state index contributed by atoms with van der Waals surface area (Å²) >= 11 is 0. The van der Waals surface area contributed by atoms with E-state index in [0.29, 0.717) is 16.7 Å². The van der Waals surface area contributed by atoms with Crippen LogP contribution in [-0.4, -0.2) is 61.0 Å². The molecule has 5 rings (SSSR count). The van der Waals surface area contributed by atoms with Crippen LogP contribution in [0.1, 0.15) is 21.5 Å². The van der Waals surface area contributed by atoms with Gasteiger partial charge in [-0.1, -0.05) is 24.3 Å². The van der Waals surface area contributed by atoms with E-state index in [9.17, 15) is 14.4 Å². The highest BCUT2D eigenvalue weighted by Crippen LogP contribution is 2.30. The van der Waals surface area contributed by atoms with Crippen molar-refractivity contribution in [3.8, 4) is 11.1 Å². The van der Waals surface area contributed by atoms with Crippen LogP contribution in [0.15, 0.2) is 79.0 Å². The van der Waals surface area contributed by atoms with Crippen LogP contribution < -0.4 is 15.5 Å². The van der Waals surface area contributed by atoms with Crippen LogP contribution in [-0.2, 0) is 9.59 Å². The van der Waals surface area contributed by atoms with Gasteiger partial charge in [-0.05, 0) is 72.3 Å². The van der Waals surface area contributed by atoms with Gasteiger partial charge < -0.3 is 20.2 Å². The largest absolute Gasteiger partial charge is 0.478 e. The first kappa shape index (κ1) is 25.0. The minimum absolute atomic E-state index is 0.353. The van der Waals surface area contributed by atoms with Gasteiger partial charge in [0.05, 0.1) is 5.57 Å². The van der Waals surface area contributed by atoms with Gasteiger partial charge in [-0.25, -0.2) is 4.79 Å². The topological polar surface area (TPSA) is 102 Å². The van der Waals surface area contributed by atoms with Crippen molar-refractivity contribution in [1.29, 1.82) is 0 Å². The maximum atomic E-state index is 12.8. The van der Waals surface area contributed by atoms with Gasteiger partial charge in [0.2, 0.25) is 0 Å². The molecule has 3 aromatic carbocycles. The summed E-state index contributed by atoms with van der Waals surface area (Å²) < 4.78 is 0. The van der Waals surface area contributed by atoms with Gasteiger partial charge >= 0.3 is 5.97 Å². The molecule has 2 heterocycles. The van der Waals surface area contributed by atoms with Gasteiger partial charge in [0.1, 0.15) is 0 Å². The number of carbonyl (C=O) groups is 3. The molecule has 0 unspecified atom stereocenters. The zero-order chi connectivity index (χ0) is 26.6. The summed E-state index contributed by atoms with van der Waals surface area (Å²) in [5, 5.41) is 14.5. The number of imide groups is 1. The third kappa shape index (κ3) is 5.50. The lowest BCUT2D eigenvalue weighted by Gasteiger charge is -2.34. The van der Waals surface area contributed by atoms with Crippen LogP contribution in [0.25, 0.3) is 22.8 Å². The van der Waals surface area contributed by atoms with Gasteiger partial charge in [-0.3, -0.25) is 14.9 Å². The van der Waals surface area contributed by atoms with Crippen LogP contribution in [0.3, 0.4) is 0 Å². The zero-order valence-corrected chi connectivity index (χ0v) is 21.0. The van der Waals surface area contributed by atoms with E-state index in [-0.39, 0.29) is 0 Å². The monoisotopic (exact) mass is 508 g/mol. The molecule has 1 fully saturated rings. The average Bonchev–Trinajstić information content (AvgIpc) is 2.92. The summed E-state index contributed by atoms with van der Waals surface area (Å²) in [7, 11) is 2.13. The highest BCUT2D eigenvalue weighted by Gasteiger charge is 2.27. The predicted molar refractivity (Wildman–Crippen MR) is 149 cm³/mol. The Bertz CT molecular complexity index is 1450. The van der Waals surface area contributed by atoms with Crippen molar-refractivity contribution < 1.29 is 19.5 Å². The highest BCUT2D eigenvalue weighted by molar-refractivity contribution is 6.31. The Morgan fingerprint density at radius 1 is 0.895 bits per heavy atom. The molecule has 0 bridgehead atoms. The maximum Gasteiger partial charge on any atom is 0.328 e. The van der Waals surface area contributed by atoms with E-state index in [0.717, 1.165) is 60.3 Å². The molecule has 3 N–H and O–H groups in total. The van der Waals surface area contributed by atoms with E-state index in [2.05, 4.69) is 39.6 Å². The number of hydrogen-bond donors (Lipinski definition) is 3. The molecule has 0 atom stereocenters. The molecule has 2 aliphatic rings. The number of carboxylic acids is 1. The molecule has 0 saturated carbocycles. The van der Waals surface area contributed by atoms with Crippen molar-refractivity contribution >= 4 is 40.8 Å². The summed E-state index contributed by atoms with van der Waals surface area (Å²) in [6, 6.07) is 20.8. The Labute approximate surface area is 220 Å². The zero-order valence-electron chi connectivity index (χ0n) is 21.0. The predicted octanol–water partition coefficient (Wildman–Crippen LogP) is 3.93. The van der Waals surface area contributed by atoms with Crippen molar-refractivity contribution in [3.05, 3.63) is 95.7 Å². The van der Waals surface area contributed by atoms with E-state index < -0.39 is 17.8 Å². The van der Waals surface area contributed by atoms with E-state index in [1.54, 1.807) is 12.3 Å². The molecule has 2 amide bonds. The first-order valence-electron chi connectivity index (χ1n) is 12.4. The van der Waals surface area contributed by atoms with Crippen molar-refractivity contribution in [3.63, 3.8) is 0 Å². The Morgan fingerprint density at radius 3 is 2.37 bits per heavy atom. The van der Waals surface area contributed by atoms with Crippen molar-refractivity contribution in [1.82, 2.24) is 10.2 Å². The second-order valence-corrected chi connectivity index (χ2v) is 9.38. The third-order valence-corrected chi connectivity index (χ3v) is 6.78. The quantitative estimate of drug-likeness (QED) is 0.343. The minimum Gasteiger partial charge on any atom is -0.478 e. The smallest absolute Gasteiger partial charge is 0.328 e. The van der Waals surface area contributed by atoms with E-state index in [4.69, 9.17) is 5.11 Å². The number of carbonyl (C=O) groups excluding carboxylic acids is 2. The highest BCUT2D eigenvalue weighted by atomic mass is 16.4. The second kappa shape index (κ2) is 10.7. The average molecular weight is 509 g/mol. The molecule has 0 spiro atoms. The molecule has 8 heteroatoms. The van der Waals surface area contributed by atoms with Crippen LogP contribution in [0.5, 0.6) is 0 Å². The van der Waals surface area contributed by atoms with Gasteiger partial charge in [0, 0.05) is 61.0 Å². The molecule has 8 nitrogen and oxygen atoms in total. The fourth-order valence-electron chi connectivity index (χ4n) is 4.63. The molecule has 1 saturated heterocycles. The lowest BCUT2D eigenvalue weighted by atomic mass is 9.91. The Kier molecular flexibility index (Phi) is 7.06. The van der Waals surface area contributed by atoms with Crippen LogP contribution in [0, 0.1) is 0 Å². The fourth-order valence-corrected chi connectivity index (χ4v) is 4.63. The molecular weight excluding hydrogens is 480 g/mol. The number of piperazine rings is 1. The van der Waals surface area contributed by atoms with Crippen molar-refractivity contribution in [2.45, 2.75) is 0 Å². The van der Waals surface area contributed by atoms with Gasteiger partial charge in [0.15, 0.2) is 0 Å². The number of carboxylic acid groups (broad SMARTS) is 1. The summed E-state index contributed by atoms with van der Waals surface area (Å²) in [6.07, 6.45) is 4.23. The van der Waals surface area contributed by atoms with Gasteiger partial charge in [-0.2, -0.15) is 0 Å². The normalized spacial score (nSPS) is 17.0. The van der Waals surface area contributed by atoms with E-state index >= 15 is 0 Å². The number of fused-ring (bicyclic) bond motifs is 1. The molecule has 0 radical (unpaired) electrons. The molecule has 0 aliphatic carbocycles. The molecular formula is C30H28N4O4. The molecule has 2 aliphatic heterocycles. The molecule has 38 heavy (non-hydrogen) atoms. The van der Waals surface area contributed by atoms with E-state index in [1.807, 2.05) is 48.5 Å². The Morgan fingerprint density at radius 2 is 1.63 bits per heavy atom. The lowest BCUT2D eigenvalue weighted by Crippen LogP contribution is -2.44. The van der Waals surface area contributed by atoms with Crippen molar-refractivity contribution in [2.75, 3.05) is 43.4 Å². The first-order valence-corrected chi connectivity index (χ1v) is 12.4. The minimum atomic E-state index is -1.02. The summed E-state index contributed by atoms with van der Waals surface area (Å²) in [6.45, 7) is 4.04. The Hall–Kier alpha value is -4.69. The Balaban J connectivity index is 1.40. The summed E-state index contributed by atoms with van der Waals surface area (Å²) in [4.78, 5) is 40.9. The van der Waals surface area contributed by atoms with Crippen LogP contribution in [0.2, 0.25) is 0 Å². The van der Waals surface area contributed by atoms with Crippen LogP contribution in [0.4, 0.5) is 11.4 Å². The summed E-state index contributed by atoms with van der Waals surface area (Å²) in [5.41, 5.74) is 5.66. The SMILES string of the molecule is CN1CCN(c2ccc(N/C=C3\C(=O)NC(=O)c4ccc(-c5cccc(/C=C/C(=O)O)c5)cc43)cc2)CC1. The standard InChI is InChI=1S/C30H28N4O4/c1-33-13-15-34(16-14-33)24-9-7-23(8-10-24)31-19-27-26-18-22(6-11-25(26)29(37)32-30(27)38)21-4-2-3-20(17-21)5-12-28(35)36/h2-12,17-19,31H,13-16H2,1H3,(H,35,36)(H,32,37,38)/b12-5+,27-19-. The second-order valence-electron chi connectivity index (χ2n) is 9.38. The number of anilines is 2.